The first-order chi connectivity index (χ1) is 8.49. The van der Waals surface area contributed by atoms with Crippen LogP contribution in [0.3, 0.4) is 0 Å². The number of nitrogens with zero attached hydrogens (tertiary/aromatic N) is 2. The fourth-order valence-electron chi connectivity index (χ4n) is 2.54. The standard InChI is InChI=1S/C14H20N2O2/c1-9(2)11-4-5-16(8-11)13-10(3)6-12(7-15-13)14(17)18/h6-7,9,11H,4-5,8H2,1-3H3,(H,17,18). The molecule has 1 aromatic heterocycles. The summed E-state index contributed by atoms with van der Waals surface area (Å²) in [4.78, 5) is 17.5. The Labute approximate surface area is 108 Å². The Kier molecular flexibility index (Phi) is 3.55. The molecule has 2 heterocycles. The molecule has 1 unspecified atom stereocenters. The van der Waals surface area contributed by atoms with E-state index in [0.29, 0.717) is 11.8 Å². The van der Waals surface area contributed by atoms with Crippen molar-refractivity contribution >= 4 is 11.8 Å². The minimum Gasteiger partial charge on any atom is -0.478 e. The van der Waals surface area contributed by atoms with Crippen LogP contribution < -0.4 is 4.90 Å². The Bertz CT molecular complexity index is 457. The molecule has 0 amide bonds. The number of rotatable bonds is 3. The molecule has 0 aromatic carbocycles. The number of carbonyl (C=O) groups is 1. The average molecular weight is 248 g/mol. The molecule has 4 nitrogen and oxygen atoms in total. The number of anilines is 1. The van der Waals surface area contributed by atoms with E-state index in [9.17, 15) is 4.79 Å². The molecule has 1 aromatic rings. The zero-order chi connectivity index (χ0) is 13.3. The molecular formula is C14H20N2O2. The van der Waals surface area contributed by atoms with Gasteiger partial charge in [-0.25, -0.2) is 9.78 Å². The van der Waals surface area contributed by atoms with E-state index < -0.39 is 5.97 Å². The van der Waals surface area contributed by atoms with Crippen molar-refractivity contribution in [1.29, 1.82) is 0 Å². The van der Waals surface area contributed by atoms with Crippen LogP contribution in [0.1, 0.15) is 36.2 Å². The summed E-state index contributed by atoms with van der Waals surface area (Å²) < 4.78 is 0. The highest BCUT2D eigenvalue weighted by molar-refractivity contribution is 5.87. The lowest BCUT2D eigenvalue weighted by Crippen LogP contribution is -2.23. The molecule has 1 aliphatic heterocycles. The highest BCUT2D eigenvalue weighted by atomic mass is 16.4. The molecule has 98 valence electrons. The van der Waals surface area contributed by atoms with Crippen molar-refractivity contribution in [2.45, 2.75) is 27.2 Å². The lowest BCUT2D eigenvalue weighted by atomic mass is 9.95. The number of hydrogen-bond donors (Lipinski definition) is 1. The van der Waals surface area contributed by atoms with Crippen LogP contribution in [0.4, 0.5) is 5.82 Å². The number of carboxylic acids is 1. The third kappa shape index (κ3) is 2.47. The minimum atomic E-state index is -0.918. The second-order valence-corrected chi connectivity index (χ2v) is 5.41. The van der Waals surface area contributed by atoms with Crippen LogP contribution in [0, 0.1) is 18.8 Å². The van der Waals surface area contributed by atoms with Gasteiger partial charge < -0.3 is 10.0 Å². The normalized spacial score (nSPS) is 19.6. The van der Waals surface area contributed by atoms with Crippen LogP contribution in [-0.2, 0) is 0 Å². The second kappa shape index (κ2) is 4.96. The molecule has 0 radical (unpaired) electrons. The van der Waals surface area contributed by atoms with Crippen molar-refractivity contribution in [3.8, 4) is 0 Å². The Hall–Kier alpha value is -1.58. The van der Waals surface area contributed by atoms with Gasteiger partial charge in [0.1, 0.15) is 5.82 Å². The van der Waals surface area contributed by atoms with E-state index in [2.05, 4.69) is 23.7 Å². The number of aromatic nitrogens is 1. The van der Waals surface area contributed by atoms with E-state index in [1.807, 2.05) is 6.92 Å². The van der Waals surface area contributed by atoms with Crippen LogP contribution >= 0.6 is 0 Å². The van der Waals surface area contributed by atoms with Crippen molar-refractivity contribution in [1.82, 2.24) is 4.98 Å². The fourth-order valence-corrected chi connectivity index (χ4v) is 2.54. The highest BCUT2D eigenvalue weighted by Crippen LogP contribution is 2.29. The first-order valence-electron chi connectivity index (χ1n) is 6.44. The monoisotopic (exact) mass is 248 g/mol. The molecule has 0 bridgehead atoms. The van der Waals surface area contributed by atoms with Crippen LogP contribution in [0.15, 0.2) is 12.3 Å². The summed E-state index contributed by atoms with van der Waals surface area (Å²) in [6.07, 6.45) is 2.65. The number of aromatic carboxylic acids is 1. The van der Waals surface area contributed by atoms with Gasteiger partial charge in [0.05, 0.1) is 5.56 Å². The summed E-state index contributed by atoms with van der Waals surface area (Å²) in [6, 6.07) is 1.70. The maximum atomic E-state index is 10.9. The lowest BCUT2D eigenvalue weighted by Gasteiger charge is -2.20. The third-order valence-corrected chi connectivity index (χ3v) is 3.76. The summed E-state index contributed by atoms with van der Waals surface area (Å²) in [5, 5.41) is 8.93. The molecule has 18 heavy (non-hydrogen) atoms. The summed E-state index contributed by atoms with van der Waals surface area (Å²) in [6.45, 7) is 8.47. The SMILES string of the molecule is Cc1cc(C(=O)O)cnc1N1CCC(C(C)C)C1. The molecule has 1 saturated heterocycles. The molecular weight excluding hydrogens is 228 g/mol. The van der Waals surface area contributed by atoms with Gasteiger partial charge in [0, 0.05) is 19.3 Å². The molecule has 2 rings (SSSR count). The van der Waals surface area contributed by atoms with Gasteiger partial charge in [0.25, 0.3) is 0 Å². The Morgan fingerprint density at radius 2 is 2.28 bits per heavy atom. The van der Waals surface area contributed by atoms with Gasteiger partial charge in [-0.3, -0.25) is 0 Å². The third-order valence-electron chi connectivity index (χ3n) is 3.76. The summed E-state index contributed by atoms with van der Waals surface area (Å²) in [5.74, 6) is 1.42. The van der Waals surface area contributed by atoms with Crippen LogP contribution in [0.2, 0.25) is 0 Å². The molecule has 0 saturated carbocycles. The summed E-state index contributed by atoms with van der Waals surface area (Å²) in [7, 11) is 0. The molecule has 1 fully saturated rings. The van der Waals surface area contributed by atoms with Gasteiger partial charge in [-0.1, -0.05) is 13.8 Å². The van der Waals surface area contributed by atoms with Crippen molar-refractivity contribution in [2.75, 3.05) is 18.0 Å². The summed E-state index contributed by atoms with van der Waals surface area (Å²) >= 11 is 0. The van der Waals surface area contributed by atoms with Gasteiger partial charge in [-0.15, -0.1) is 0 Å². The molecule has 0 aliphatic carbocycles. The minimum absolute atomic E-state index is 0.260. The first kappa shape index (κ1) is 12.9. The predicted molar refractivity (Wildman–Crippen MR) is 71.1 cm³/mol. The van der Waals surface area contributed by atoms with Gasteiger partial charge in [-0.2, -0.15) is 0 Å². The van der Waals surface area contributed by atoms with E-state index in [1.54, 1.807) is 6.07 Å². The number of pyridine rings is 1. The molecule has 4 heteroatoms. The molecule has 1 atom stereocenters. The van der Waals surface area contributed by atoms with Crippen molar-refractivity contribution < 1.29 is 9.90 Å². The van der Waals surface area contributed by atoms with Crippen molar-refractivity contribution in [2.24, 2.45) is 11.8 Å². The van der Waals surface area contributed by atoms with E-state index in [0.717, 1.165) is 24.5 Å². The van der Waals surface area contributed by atoms with Crippen LogP contribution in [-0.4, -0.2) is 29.1 Å². The Morgan fingerprint density at radius 1 is 1.56 bits per heavy atom. The van der Waals surface area contributed by atoms with Crippen LogP contribution in [0.25, 0.3) is 0 Å². The van der Waals surface area contributed by atoms with E-state index >= 15 is 0 Å². The first-order valence-corrected chi connectivity index (χ1v) is 6.44. The average Bonchev–Trinajstić information content (AvgIpc) is 2.78. The van der Waals surface area contributed by atoms with Gasteiger partial charge >= 0.3 is 5.97 Å². The number of aryl methyl sites for hydroxylation is 1. The number of carboxylic acid groups (broad SMARTS) is 1. The van der Waals surface area contributed by atoms with Gasteiger partial charge in [-0.05, 0) is 36.8 Å². The zero-order valence-electron chi connectivity index (χ0n) is 11.2. The van der Waals surface area contributed by atoms with Gasteiger partial charge in [0.2, 0.25) is 0 Å². The molecule has 1 N–H and O–H groups in total. The molecule has 1 aliphatic rings. The number of hydrogen-bond acceptors (Lipinski definition) is 3. The van der Waals surface area contributed by atoms with Crippen molar-refractivity contribution in [3.05, 3.63) is 23.4 Å². The second-order valence-electron chi connectivity index (χ2n) is 5.41. The lowest BCUT2D eigenvalue weighted by molar-refractivity contribution is 0.0696. The predicted octanol–water partition coefficient (Wildman–Crippen LogP) is 2.57. The van der Waals surface area contributed by atoms with E-state index in [4.69, 9.17) is 5.11 Å². The highest BCUT2D eigenvalue weighted by Gasteiger charge is 2.26. The summed E-state index contributed by atoms with van der Waals surface area (Å²) in [5.41, 5.74) is 1.20. The van der Waals surface area contributed by atoms with E-state index in [-0.39, 0.29) is 5.56 Å². The quantitative estimate of drug-likeness (QED) is 0.893. The maximum absolute atomic E-state index is 10.9. The van der Waals surface area contributed by atoms with Gasteiger partial charge in [0.15, 0.2) is 0 Å². The van der Waals surface area contributed by atoms with E-state index in [1.165, 1.54) is 12.6 Å². The smallest absolute Gasteiger partial charge is 0.337 e. The molecule has 0 spiro atoms. The Balaban J connectivity index is 2.18. The maximum Gasteiger partial charge on any atom is 0.337 e. The topological polar surface area (TPSA) is 53.4 Å². The van der Waals surface area contributed by atoms with Crippen LogP contribution in [0.5, 0.6) is 0 Å². The fraction of sp³-hybridized carbons (Fsp3) is 0.571. The van der Waals surface area contributed by atoms with Crippen molar-refractivity contribution in [3.63, 3.8) is 0 Å². The zero-order valence-corrected chi connectivity index (χ0v) is 11.2. The largest absolute Gasteiger partial charge is 0.478 e. The Morgan fingerprint density at radius 3 is 2.78 bits per heavy atom.